The molecule has 0 amide bonds. The average molecular weight is 184 g/mol. The van der Waals surface area contributed by atoms with Crippen LogP contribution in [0.1, 0.15) is 0 Å². The highest BCUT2D eigenvalue weighted by atomic mass is 19.1. The van der Waals surface area contributed by atoms with E-state index in [4.69, 9.17) is 0 Å². The van der Waals surface area contributed by atoms with Gasteiger partial charge in [0.15, 0.2) is 0 Å². The molecular weight excluding hydrogens is 174 g/mol. The standard InChI is InChI=1S/C9H10F2N2/c10-6-1-2-8(11)9(3-6)13-7-4-12-5-7/h1-3,7,12-13H,4-5H2. The molecule has 2 rings (SSSR count). The molecule has 4 heteroatoms. The quantitative estimate of drug-likeness (QED) is 0.725. The third-order valence-electron chi connectivity index (χ3n) is 2.07. The second kappa shape index (κ2) is 3.30. The predicted molar refractivity (Wildman–Crippen MR) is 46.6 cm³/mol. The molecule has 0 aliphatic carbocycles. The normalized spacial score (nSPS) is 16.8. The molecule has 1 aromatic rings. The Morgan fingerprint density at radius 3 is 2.69 bits per heavy atom. The second-order valence-corrected chi connectivity index (χ2v) is 3.12. The van der Waals surface area contributed by atoms with Gasteiger partial charge in [-0.05, 0) is 18.2 Å². The third kappa shape index (κ3) is 1.78. The van der Waals surface area contributed by atoms with Crippen LogP contribution in [0.5, 0.6) is 0 Å². The van der Waals surface area contributed by atoms with E-state index in [1.165, 1.54) is 6.07 Å². The van der Waals surface area contributed by atoms with E-state index in [0.29, 0.717) is 0 Å². The van der Waals surface area contributed by atoms with Gasteiger partial charge in [0.25, 0.3) is 0 Å². The summed E-state index contributed by atoms with van der Waals surface area (Å²) >= 11 is 0. The zero-order valence-electron chi connectivity index (χ0n) is 6.98. The van der Waals surface area contributed by atoms with Gasteiger partial charge < -0.3 is 10.6 Å². The summed E-state index contributed by atoms with van der Waals surface area (Å²) in [5.41, 5.74) is 0.242. The van der Waals surface area contributed by atoms with Crippen molar-refractivity contribution in [2.75, 3.05) is 18.4 Å². The summed E-state index contributed by atoms with van der Waals surface area (Å²) in [6.07, 6.45) is 0. The molecule has 0 radical (unpaired) electrons. The van der Waals surface area contributed by atoms with Gasteiger partial charge in [-0.2, -0.15) is 0 Å². The first-order chi connectivity index (χ1) is 6.25. The van der Waals surface area contributed by atoms with Gasteiger partial charge in [0.1, 0.15) is 11.6 Å². The molecule has 0 saturated carbocycles. The summed E-state index contributed by atoms with van der Waals surface area (Å²) in [6, 6.07) is 3.63. The molecule has 1 heterocycles. The van der Waals surface area contributed by atoms with Crippen molar-refractivity contribution in [3.63, 3.8) is 0 Å². The molecule has 1 fully saturated rings. The summed E-state index contributed by atoms with van der Waals surface area (Å²) in [4.78, 5) is 0. The highest BCUT2D eigenvalue weighted by Crippen LogP contribution is 2.16. The number of benzene rings is 1. The lowest BCUT2D eigenvalue weighted by Crippen LogP contribution is -2.51. The van der Waals surface area contributed by atoms with Crippen LogP contribution in [0.4, 0.5) is 14.5 Å². The molecule has 1 aromatic carbocycles. The van der Waals surface area contributed by atoms with Gasteiger partial charge in [-0.3, -0.25) is 0 Å². The van der Waals surface area contributed by atoms with E-state index in [2.05, 4.69) is 10.6 Å². The SMILES string of the molecule is Fc1ccc(F)c(NC2CNC2)c1. The molecule has 1 aliphatic heterocycles. The van der Waals surface area contributed by atoms with Crippen LogP contribution in [-0.2, 0) is 0 Å². The van der Waals surface area contributed by atoms with E-state index in [1.54, 1.807) is 0 Å². The summed E-state index contributed by atoms with van der Waals surface area (Å²) in [5, 5.41) is 5.95. The fourth-order valence-corrected chi connectivity index (χ4v) is 1.22. The van der Waals surface area contributed by atoms with E-state index in [0.717, 1.165) is 25.2 Å². The molecule has 70 valence electrons. The Morgan fingerprint density at radius 1 is 1.31 bits per heavy atom. The van der Waals surface area contributed by atoms with Gasteiger partial charge in [0.05, 0.1) is 11.7 Å². The van der Waals surface area contributed by atoms with Crippen LogP contribution < -0.4 is 10.6 Å². The molecule has 0 atom stereocenters. The second-order valence-electron chi connectivity index (χ2n) is 3.12. The van der Waals surface area contributed by atoms with Crippen LogP contribution in [0.15, 0.2) is 18.2 Å². The van der Waals surface area contributed by atoms with E-state index >= 15 is 0 Å². The van der Waals surface area contributed by atoms with E-state index in [9.17, 15) is 8.78 Å². The maximum Gasteiger partial charge on any atom is 0.146 e. The predicted octanol–water partition coefficient (Wildman–Crippen LogP) is 1.35. The minimum absolute atomic E-state index is 0.219. The lowest BCUT2D eigenvalue weighted by Gasteiger charge is -2.29. The molecule has 0 unspecified atom stereocenters. The van der Waals surface area contributed by atoms with Crippen molar-refractivity contribution in [1.29, 1.82) is 0 Å². The maximum absolute atomic E-state index is 13.0. The van der Waals surface area contributed by atoms with Crippen molar-refractivity contribution in [2.45, 2.75) is 6.04 Å². The minimum atomic E-state index is -0.420. The number of anilines is 1. The molecule has 0 aromatic heterocycles. The van der Waals surface area contributed by atoms with Gasteiger partial charge in [-0.1, -0.05) is 0 Å². The molecule has 0 spiro atoms. The van der Waals surface area contributed by atoms with Gasteiger partial charge >= 0.3 is 0 Å². The zero-order chi connectivity index (χ0) is 9.26. The number of hydrogen-bond donors (Lipinski definition) is 2. The minimum Gasteiger partial charge on any atom is -0.377 e. The molecule has 1 aliphatic rings. The van der Waals surface area contributed by atoms with Crippen LogP contribution in [0.2, 0.25) is 0 Å². The Kier molecular flexibility index (Phi) is 2.14. The monoisotopic (exact) mass is 184 g/mol. The molecule has 2 N–H and O–H groups in total. The van der Waals surface area contributed by atoms with E-state index < -0.39 is 11.6 Å². The molecular formula is C9H10F2N2. The smallest absolute Gasteiger partial charge is 0.146 e. The number of nitrogens with one attached hydrogen (secondary N) is 2. The Bertz CT molecular complexity index is 310. The number of hydrogen-bond acceptors (Lipinski definition) is 2. The molecule has 2 nitrogen and oxygen atoms in total. The van der Waals surface area contributed by atoms with Crippen LogP contribution in [0.3, 0.4) is 0 Å². The zero-order valence-corrected chi connectivity index (χ0v) is 6.98. The van der Waals surface area contributed by atoms with Crippen LogP contribution in [0, 0.1) is 11.6 Å². The first-order valence-electron chi connectivity index (χ1n) is 4.18. The summed E-state index contributed by atoms with van der Waals surface area (Å²) in [5.74, 6) is -0.829. The average Bonchev–Trinajstić information content (AvgIpc) is 2.03. The maximum atomic E-state index is 13.0. The highest BCUT2D eigenvalue weighted by molar-refractivity contribution is 5.46. The summed E-state index contributed by atoms with van der Waals surface area (Å²) in [6.45, 7) is 1.60. The summed E-state index contributed by atoms with van der Waals surface area (Å²) < 4.78 is 25.7. The number of rotatable bonds is 2. The van der Waals surface area contributed by atoms with Crippen molar-refractivity contribution < 1.29 is 8.78 Å². The van der Waals surface area contributed by atoms with Crippen LogP contribution in [0.25, 0.3) is 0 Å². The first-order valence-corrected chi connectivity index (χ1v) is 4.18. The highest BCUT2D eigenvalue weighted by Gasteiger charge is 2.17. The first kappa shape index (κ1) is 8.44. The molecule has 13 heavy (non-hydrogen) atoms. The molecule has 1 saturated heterocycles. The Balaban J connectivity index is 2.13. The Morgan fingerprint density at radius 2 is 2.08 bits per heavy atom. The van der Waals surface area contributed by atoms with Gasteiger partial charge in [-0.15, -0.1) is 0 Å². The van der Waals surface area contributed by atoms with E-state index in [1.807, 2.05) is 0 Å². The molecule has 0 bridgehead atoms. The van der Waals surface area contributed by atoms with Crippen molar-refractivity contribution in [2.24, 2.45) is 0 Å². The van der Waals surface area contributed by atoms with Gasteiger partial charge in [0.2, 0.25) is 0 Å². The van der Waals surface area contributed by atoms with Crippen molar-refractivity contribution in [3.8, 4) is 0 Å². The fraction of sp³-hybridized carbons (Fsp3) is 0.333. The van der Waals surface area contributed by atoms with Crippen LogP contribution >= 0.6 is 0 Å². The fourth-order valence-electron chi connectivity index (χ4n) is 1.22. The lowest BCUT2D eigenvalue weighted by atomic mass is 10.1. The van der Waals surface area contributed by atoms with Gasteiger partial charge in [0, 0.05) is 13.1 Å². The summed E-state index contributed by atoms with van der Waals surface area (Å²) in [7, 11) is 0. The van der Waals surface area contributed by atoms with Gasteiger partial charge in [-0.25, -0.2) is 8.78 Å². The topological polar surface area (TPSA) is 24.1 Å². The van der Waals surface area contributed by atoms with Crippen molar-refractivity contribution in [3.05, 3.63) is 29.8 Å². The third-order valence-corrected chi connectivity index (χ3v) is 2.07. The number of halogens is 2. The Hall–Kier alpha value is -1.16. The van der Waals surface area contributed by atoms with Crippen LogP contribution in [-0.4, -0.2) is 19.1 Å². The lowest BCUT2D eigenvalue weighted by molar-refractivity contribution is 0.469. The van der Waals surface area contributed by atoms with Crippen molar-refractivity contribution in [1.82, 2.24) is 5.32 Å². The Labute approximate surface area is 75.0 Å². The van der Waals surface area contributed by atoms with E-state index in [-0.39, 0.29) is 11.7 Å². The largest absolute Gasteiger partial charge is 0.377 e. The van der Waals surface area contributed by atoms with Crippen molar-refractivity contribution >= 4 is 5.69 Å².